The molecule has 1 N–H and O–H groups in total. The van der Waals surface area contributed by atoms with Crippen LogP contribution in [0, 0.1) is 0 Å². The maximum Gasteiger partial charge on any atom is 0.407 e. The van der Waals surface area contributed by atoms with E-state index in [4.69, 9.17) is 4.74 Å². The van der Waals surface area contributed by atoms with Crippen molar-refractivity contribution in [1.29, 1.82) is 0 Å². The third kappa shape index (κ3) is 3.93. The molecule has 3 rings (SSSR count). The van der Waals surface area contributed by atoms with E-state index in [-0.39, 0.29) is 18.3 Å². The van der Waals surface area contributed by atoms with Gasteiger partial charge < -0.3 is 10.1 Å². The highest BCUT2D eigenvalue weighted by Gasteiger charge is 2.29. The summed E-state index contributed by atoms with van der Waals surface area (Å²) >= 11 is 1.65. The molecule has 4 nitrogen and oxygen atoms in total. The maximum atomic E-state index is 12.2. The standard InChI is InChI=1S/C21H23NO3S/c1-14(23)20(11-12-26-2)22-21(24)25-13-19-17-9-5-3-7-15(17)16-8-4-6-10-18(16)19/h3-10,19-20H,11-13H2,1-2H3,(H,22,24). The molecule has 0 saturated heterocycles. The van der Waals surface area contributed by atoms with Gasteiger partial charge >= 0.3 is 6.09 Å². The highest BCUT2D eigenvalue weighted by molar-refractivity contribution is 7.98. The summed E-state index contributed by atoms with van der Waals surface area (Å²) < 4.78 is 5.49. The molecule has 2 aromatic carbocycles. The van der Waals surface area contributed by atoms with Crippen LogP contribution >= 0.6 is 11.8 Å². The van der Waals surface area contributed by atoms with Gasteiger partial charge in [-0.3, -0.25) is 4.79 Å². The van der Waals surface area contributed by atoms with Crippen molar-refractivity contribution < 1.29 is 14.3 Å². The minimum Gasteiger partial charge on any atom is -0.449 e. The Balaban J connectivity index is 1.68. The minimum atomic E-state index is -0.534. The molecule has 1 aliphatic rings. The molecule has 1 amide bonds. The molecule has 5 heteroatoms. The molecule has 1 unspecified atom stereocenters. The smallest absolute Gasteiger partial charge is 0.407 e. The normalized spacial score (nSPS) is 13.6. The molecule has 0 aromatic heterocycles. The van der Waals surface area contributed by atoms with Crippen LogP contribution in [-0.2, 0) is 9.53 Å². The number of hydrogen-bond acceptors (Lipinski definition) is 4. The molecule has 0 heterocycles. The third-order valence-electron chi connectivity index (χ3n) is 4.74. The van der Waals surface area contributed by atoms with Gasteiger partial charge in [-0.25, -0.2) is 4.79 Å². The molecule has 0 fully saturated rings. The number of alkyl carbamates (subject to hydrolysis) is 1. The van der Waals surface area contributed by atoms with Crippen molar-refractivity contribution in [3.05, 3.63) is 59.7 Å². The van der Waals surface area contributed by atoms with Crippen LogP contribution in [-0.4, -0.2) is 36.5 Å². The summed E-state index contributed by atoms with van der Waals surface area (Å²) in [5.74, 6) is 0.788. The second-order valence-corrected chi connectivity index (χ2v) is 7.40. The van der Waals surface area contributed by atoms with Crippen LogP contribution in [0.2, 0.25) is 0 Å². The van der Waals surface area contributed by atoms with Crippen LogP contribution in [0.4, 0.5) is 4.79 Å². The van der Waals surface area contributed by atoms with Gasteiger partial charge in [-0.1, -0.05) is 48.5 Å². The van der Waals surface area contributed by atoms with Gasteiger partial charge in [-0.05, 0) is 47.6 Å². The predicted molar refractivity (Wildman–Crippen MR) is 106 cm³/mol. The van der Waals surface area contributed by atoms with E-state index in [9.17, 15) is 9.59 Å². The molecule has 0 aliphatic heterocycles. The maximum absolute atomic E-state index is 12.2. The number of rotatable bonds is 7. The average Bonchev–Trinajstić information content (AvgIpc) is 2.97. The molecule has 0 spiro atoms. The van der Waals surface area contributed by atoms with Gasteiger partial charge in [-0.15, -0.1) is 0 Å². The number of thioether (sulfide) groups is 1. The monoisotopic (exact) mass is 369 g/mol. The van der Waals surface area contributed by atoms with E-state index < -0.39 is 12.1 Å². The minimum absolute atomic E-state index is 0.0233. The number of carbonyl (C=O) groups excluding carboxylic acids is 2. The quantitative estimate of drug-likeness (QED) is 0.793. The number of carbonyl (C=O) groups is 2. The van der Waals surface area contributed by atoms with Gasteiger partial charge in [0.25, 0.3) is 0 Å². The molecule has 26 heavy (non-hydrogen) atoms. The summed E-state index contributed by atoms with van der Waals surface area (Å²) in [5.41, 5.74) is 4.73. The molecule has 2 aromatic rings. The van der Waals surface area contributed by atoms with Crippen molar-refractivity contribution in [2.45, 2.75) is 25.3 Å². The number of ether oxygens (including phenoxy) is 1. The van der Waals surface area contributed by atoms with E-state index in [1.165, 1.54) is 29.2 Å². The van der Waals surface area contributed by atoms with Crippen LogP contribution in [0.25, 0.3) is 11.1 Å². The fraction of sp³-hybridized carbons (Fsp3) is 0.333. The van der Waals surface area contributed by atoms with Crippen molar-refractivity contribution in [2.75, 3.05) is 18.6 Å². The molecule has 1 aliphatic carbocycles. The molecule has 0 radical (unpaired) electrons. The van der Waals surface area contributed by atoms with Gasteiger partial charge in [0.15, 0.2) is 5.78 Å². The lowest BCUT2D eigenvalue weighted by Gasteiger charge is -2.18. The Morgan fingerprint density at radius 2 is 1.65 bits per heavy atom. The van der Waals surface area contributed by atoms with E-state index in [1.807, 2.05) is 30.5 Å². The third-order valence-corrected chi connectivity index (χ3v) is 5.38. The summed E-state index contributed by atoms with van der Waals surface area (Å²) in [6, 6.07) is 15.9. The number of amides is 1. The zero-order chi connectivity index (χ0) is 18.5. The van der Waals surface area contributed by atoms with E-state index in [0.717, 1.165) is 5.75 Å². The molecule has 0 bridgehead atoms. The van der Waals surface area contributed by atoms with Crippen LogP contribution < -0.4 is 5.32 Å². The Morgan fingerprint density at radius 1 is 1.08 bits per heavy atom. The van der Waals surface area contributed by atoms with Crippen molar-refractivity contribution in [1.82, 2.24) is 5.32 Å². The van der Waals surface area contributed by atoms with Gasteiger partial charge in [0.1, 0.15) is 6.61 Å². The number of hydrogen-bond donors (Lipinski definition) is 1. The van der Waals surface area contributed by atoms with Gasteiger partial charge in [0.05, 0.1) is 6.04 Å². The lowest BCUT2D eigenvalue weighted by Crippen LogP contribution is -2.40. The number of Topliss-reactive ketones (excluding diaryl/α,β-unsaturated/α-hetero) is 1. The molecular formula is C21H23NO3S. The van der Waals surface area contributed by atoms with Gasteiger partial charge in [0, 0.05) is 5.92 Å². The van der Waals surface area contributed by atoms with Crippen LogP contribution in [0.15, 0.2) is 48.5 Å². The van der Waals surface area contributed by atoms with Crippen LogP contribution in [0.3, 0.4) is 0 Å². The van der Waals surface area contributed by atoms with E-state index in [1.54, 1.807) is 11.8 Å². The molecule has 0 saturated carbocycles. The average molecular weight is 369 g/mol. The van der Waals surface area contributed by atoms with Crippen molar-refractivity contribution in [3.8, 4) is 11.1 Å². The second-order valence-electron chi connectivity index (χ2n) is 6.41. The summed E-state index contributed by atoms with van der Waals surface area (Å²) in [6.07, 6.45) is 2.05. The van der Waals surface area contributed by atoms with Crippen LogP contribution in [0.5, 0.6) is 0 Å². The van der Waals surface area contributed by atoms with Gasteiger partial charge in [0.2, 0.25) is 0 Å². The van der Waals surface area contributed by atoms with E-state index >= 15 is 0 Å². The highest BCUT2D eigenvalue weighted by atomic mass is 32.2. The number of nitrogens with one attached hydrogen (secondary N) is 1. The Kier molecular flexibility index (Phi) is 5.99. The summed E-state index contributed by atoms with van der Waals surface area (Å²) in [4.78, 5) is 23.9. The first-order valence-corrected chi connectivity index (χ1v) is 10.1. The fourth-order valence-electron chi connectivity index (χ4n) is 3.40. The van der Waals surface area contributed by atoms with E-state index in [0.29, 0.717) is 6.42 Å². The molecule has 1 atom stereocenters. The SMILES string of the molecule is CSCCC(NC(=O)OCC1c2ccccc2-c2ccccc21)C(C)=O. The lowest BCUT2D eigenvalue weighted by atomic mass is 9.98. The Labute approximate surface area is 158 Å². The number of fused-ring (bicyclic) bond motifs is 3. The number of benzene rings is 2. The van der Waals surface area contributed by atoms with Crippen LogP contribution in [0.1, 0.15) is 30.4 Å². The van der Waals surface area contributed by atoms with Crippen molar-refractivity contribution in [2.24, 2.45) is 0 Å². The Morgan fingerprint density at radius 3 is 2.19 bits per heavy atom. The Bertz CT molecular complexity index is 760. The van der Waals surface area contributed by atoms with Crippen molar-refractivity contribution >= 4 is 23.6 Å². The summed E-state index contributed by atoms with van der Waals surface area (Å²) in [6.45, 7) is 1.75. The highest BCUT2D eigenvalue weighted by Crippen LogP contribution is 2.44. The first kappa shape index (κ1) is 18.5. The summed E-state index contributed by atoms with van der Waals surface area (Å²) in [5, 5.41) is 2.70. The predicted octanol–water partition coefficient (Wildman–Crippen LogP) is 4.24. The second kappa shape index (κ2) is 8.41. The lowest BCUT2D eigenvalue weighted by molar-refractivity contribution is -0.118. The molecular weight excluding hydrogens is 346 g/mol. The largest absolute Gasteiger partial charge is 0.449 e. The zero-order valence-corrected chi connectivity index (χ0v) is 15.8. The summed E-state index contributed by atoms with van der Waals surface area (Å²) in [7, 11) is 0. The van der Waals surface area contributed by atoms with E-state index in [2.05, 4.69) is 29.6 Å². The number of ketones is 1. The fourth-order valence-corrected chi connectivity index (χ4v) is 3.87. The first-order chi connectivity index (χ1) is 12.6. The zero-order valence-electron chi connectivity index (χ0n) is 15.0. The van der Waals surface area contributed by atoms with Crippen molar-refractivity contribution in [3.63, 3.8) is 0 Å². The Hall–Kier alpha value is -2.27. The van der Waals surface area contributed by atoms with Gasteiger partial charge in [-0.2, -0.15) is 11.8 Å². The molecule has 136 valence electrons. The first-order valence-electron chi connectivity index (χ1n) is 8.72. The topological polar surface area (TPSA) is 55.4 Å².